The van der Waals surface area contributed by atoms with Crippen LogP contribution in [0.5, 0.6) is 0 Å². The van der Waals surface area contributed by atoms with E-state index in [-0.39, 0.29) is 17.1 Å². The van der Waals surface area contributed by atoms with Gasteiger partial charge in [-0.15, -0.1) is 0 Å². The summed E-state index contributed by atoms with van der Waals surface area (Å²) in [6.45, 7) is 6.36. The third kappa shape index (κ3) is 3.82. The van der Waals surface area contributed by atoms with Crippen molar-refractivity contribution in [1.29, 1.82) is 0 Å². The van der Waals surface area contributed by atoms with E-state index in [9.17, 15) is 8.42 Å². The van der Waals surface area contributed by atoms with Gasteiger partial charge >= 0.3 is 0 Å². The summed E-state index contributed by atoms with van der Waals surface area (Å²) >= 11 is 0. The fraction of sp³-hybridized carbons (Fsp3) is 0.692. The second kappa shape index (κ2) is 6.71. The van der Waals surface area contributed by atoms with Crippen LogP contribution in [0, 0.1) is 5.92 Å². The van der Waals surface area contributed by atoms with Crippen LogP contribution < -0.4 is 10.0 Å². The molecule has 6 nitrogen and oxygen atoms in total. The van der Waals surface area contributed by atoms with Crippen LogP contribution in [0.15, 0.2) is 21.6 Å². The predicted molar refractivity (Wildman–Crippen MR) is 74.8 cm³/mol. The van der Waals surface area contributed by atoms with Gasteiger partial charge in [0.15, 0.2) is 0 Å². The first-order valence-corrected chi connectivity index (χ1v) is 8.42. The molecule has 1 aliphatic heterocycles. The van der Waals surface area contributed by atoms with Crippen LogP contribution >= 0.6 is 0 Å². The molecule has 20 heavy (non-hydrogen) atoms. The lowest BCUT2D eigenvalue weighted by atomic mass is 10.0. The summed E-state index contributed by atoms with van der Waals surface area (Å²) in [4.78, 5) is 0. The number of hydrogen-bond acceptors (Lipinski definition) is 5. The largest absolute Gasteiger partial charge is 0.447 e. The molecule has 0 spiro atoms. The molecular weight excluding hydrogens is 280 g/mol. The molecule has 114 valence electrons. The highest BCUT2D eigenvalue weighted by molar-refractivity contribution is 7.89. The first kappa shape index (κ1) is 15.5. The minimum absolute atomic E-state index is 0.0306. The van der Waals surface area contributed by atoms with E-state index in [4.69, 9.17) is 9.15 Å². The summed E-state index contributed by atoms with van der Waals surface area (Å²) in [5.74, 6) is 0.839. The van der Waals surface area contributed by atoms with E-state index in [1.54, 1.807) is 6.07 Å². The summed E-state index contributed by atoms with van der Waals surface area (Å²) < 4.78 is 37.6. The van der Waals surface area contributed by atoms with E-state index in [0.29, 0.717) is 25.5 Å². The molecule has 2 rings (SSSR count). The smallest absolute Gasteiger partial charge is 0.273 e. The number of hydrogen-bond donors (Lipinski definition) is 2. The molecule has 0 bridgehead atoms. The van der Waals surface area contributed by atoms with E-state index in [0.717, 1.165) is 13.0 Å². The number of rotatable bonds is 7. The first-order valence-electron chi connectivity index (χ1n) is 6.93. The van der Waals surface area contributed by atoms with Gasteiger partial charge in [0.25, 0.3) is 10.0 Å². The third-order valence-electron chi connectivity index (χ3n) is 3.52. The summed E-state index contributed by atoms with van der Waals surface area (Å²) in [7, 11) is -3.58. The molecule has 1 aromatic rings. The Kier molecular flexibility index (Phi) is 5.20. The zero-order valence-corrected chi connectivity index (χ0v) is 12.7. The maximum atomic E-state index is 12.1. The van der Waals surface area contributed by atoms with Crippen LogP contribution in [0.25, 0.3) is 0 Å². The summed E-state index contributed by atoms with van der Waals surface area (Å²) in [5, 5.41) is 3.06. The monoisotopic (exact) mass is 302 g/mol. The lowest BCUT2D eigenvalue weighted by Gasteiger charge is -2.14. The average Bonchev–Trinajstić information content (AvgIpc) is 3.03. The van der Waals surface area contributed by atoms with Crippen LogP contribution in [0.2, 0.25) is 0 Å². The van der Waals surface area contributed by atoms with Crippen LogP contribution in [0.4, 0.5) is 0 Å². The minimum atomic E-state index is -3.58. The van der Waals surface area contributed by atoms with Gasteiger partial charge in [-0.05, 0) is 32.0 Å². The lowest BCUT2D eigenvalue weighted by molar-refractivity contribution is 0.107. The maximum Gasteiger partial charge on any atom is 0.273 e. The molecular formula is C13H22N2O4S. The second-order valence-corrected chi connectivity index (χ2v) is 6.68. The Morgan fingerprint density at radius 2 is 2.20 bits per heavy atom. The fourth-order valence-electron chi connectivity index (χ4n) is 2.18. The normalized spacial score (nSPS) is 23.3. The van der Waals surface area contributed by atoms with Crippen molar-refractivity contribution in [3.05, 3.63) is 17.9 Å². The van der Waals surface area contributed by atoms with Gasteiger partial charge in [0.1, 0.15) is 5.76 Å². The van der Waals surface area contributed by atoms with E-state index in [1.165, 1.54) is 6.07 Å². The van der Waals surface area contributed by atoms with Crippen LogP contribution in [0.3, 0.4) is 0 Å². The molecule has 2 atom stereocenters. The molecule has 1 saturated heterocycles. The molecule has 0 saturated carbocycles. The van der Waals surface area contributed by atoms with E-state index in [1.807, 2.05) is 13.8 Å². The van der Waals surface area contributed by atoms with Crippen molar-refractivity contribution >= 4 is 10.0 Å². The van der Waals surface area contributed by atoms with Crippen molar-refractivity contribution in [3.63, 3.8) is 0 Å². The molecule has 0 aliphatic carbocycles. The Hall–Kier alpha value is -0.890. The van der Waals surface area contributed by atoms with Gasteiger partial charge in [-0.2, -0.15) is 0 Å². The van der Waals surface area contributed by atoms with E-state index < -0.39 is 10.0 Å². The summed E-state index contributed by atoms with van der Waals surface area (Å²) in [5.41, 5.74) is 0. The maximum absolute atomic E-state index is 12.1. The van der Waals surface area contributed by atoms with Gasteiger partial charge in [-0.3, -0.25) is 0 Å². The molecule has 1 aliphatic rings. The topological polar surface area (TPSA) is 80.6 Å². The average molecular weight is 302 g/mol. The Morgan fingerprint density at radius 1 is 1.40 bits per heavy atom. The Labute approximate surface area is 119 Å². The molecule has 1 fully saturated rings. The number of sulfonamides is 1. The van der Waals surface area contributed by atoms with E-state index >= 15 is 0 Å². The molecule has 0 amide bonds. The van der Waals surface area contributed by atoms with Crippen molar-refractivity contribution in [2.45, 2.75) is 38.0 Å². The summed E-state index contributed by atoms with van der Waals surface area (Å²) in [6, 6.07) is 3.17. The number of nitrogens with one attached hydrogen (secondary N) is 2. The number of furan rings is 1. The number of ether oxygens (including phenoxy) is 1. The van der Waals surface area contributed by atoms with Crippen molar-refractivity contribution < 1.29 is 17.6 Å². The predicted octanol–water partition coefficient (Wildman–Crippen LogP) is 1.09. The summed E-state index contributed by atoms with van der Waals surface area (Å²) in [6.07, 6.45) is 0.978. The molecule has 2 N–H and O–H groups in total. The van der Waals surface area contributed by atoms with E-state index in [2.05, 4.69) is 10.0 Å². The Bertz CT molecular complexity index is 526. The SMILES string of the molecule is CCNCc1ccc(S(=O)(=O)NCC2CCOC2C)o1. The second-order valence-electron chi connectivity index (χ2n) is 4.98. The minimum Gasteiger partial charge on any atom is -0.447 e. The van der Waals surface area contributed by atoms with Crippen molar-refractivity contribution in [1.82, 2.24) is 10.0 Å². The Morgan fingerprint density at radius 3 is 2.85 bits per heavy atom. The van der Waals surface area contributed by atoms with Gasteiger partial charge < -0.3 is 14.5 Å². The molecule has 0 radical (unpaired) electrons. The Balaban J connectivity index is 1.93. The van der Waals surface area contributed by atoms with Crippen molar-refractivity contribution in [3.8, 4) is 0 Å². The van der Waals surface area contributed by atoms with Gasteiger partial charge in [-0.25, -0.2) is 13.1 Å². The first-order chi connectivity index (χ1) is 9.53. The zero-order chi connectivity index (χ0) is 14.6. The van der Waals surface area contributed by atoms with Gasteiger partial charge in [0, 0.05) is 19.1 Å². The van der Waals surface area contributed by atoms with Gasteiger partial charge in [0.05, 0.1) is 12.6 Å². The lowest BCUT2D eigenvalue weighted by Crippen LogP contribution is -2.31. The third-order valence-corrected chi connectivity index (χ3v) is 4.82. The van der Waals surface area contributed by atoms with Gasteiger partial charge in [0.2, 0.25) is 5.09 Å². The molecule has 2 unspecified atom stereocenters. The molecule has 2 heterocycles. The highest BCUT2D eigenvalue weighted by Gasteiger charge is 2.27. The van der Waals surface area contributed by atoms with Crippen molar-refractivity contribution in [2.75, 3.05) is 19.7 Å². The van der Waals surface area contributed by atoms with Crippen LogP contribution in [0.1, 0.15) is 26.0 Å². The molecule has 7 heteroatoms. The molecule has 0 aromatic carbocycles. The van der Waals surface area contributed by atoms with Crippen LogP contribution in [-0.2, 0) is 21.3 Å². The van der Waals surface area contributed by atoms with Crippen LogP contribution in [-0.4, -0.2) is 34.2 Å². The highest BCUT2D eigenvalue weighted by atomic mass is 32.2. The zero-order valence-electron chi connectivity index (χ0n) is 11.9. The highest BCUT2D eigenvalue weighted by Crippen LogP contribution is 2.20. The molecule has 1 aromatic heterocycles. The van der Waals surface area contributed by atoms with Gasteiger partial charge in [-0.1, -0.05) is 6.92 Å². The quantitative estimate of drug-likeness (QED) is 0.788. The van der Waals surface area contributed by atoms with Crippen molar-refractivity contribution in [2.24, 2.45) is 5.92 Å². The fourth-order valence-corrected chi connectivity index (χ4v) is 3.22. The standard InChI is InChI=1S/C13H22N2O4S/c1-3-14-9-12-4-5-13(19-12)20(16,17)15-8-11-6-7-18-10(11)2/h4-5,10-11,14-15H,3,6-9H2,1-2H3.